The number of aromatic nitrogens is 1. The fraction of sp³-hybridized carbons (Fsp3) is 0.231. The predicted octanol–water partition coefficient (Wildman–Crippen LogP) is 0.639. The first-order chi connectivity index (χ1) is 8.63. The number of rotatable bonds is 3. The molecule has 0 aliphatic heterocycles. The minimum atomic E-state index is -0.483. The Kier molecular flexibility index (Phi) is 3.43. The number of carbonyl (C=O) groups is 1. The van der Waals surface area contributed by atoms with E-state index in [1.54, 1.807) is 25.1 Å². The molecule has 5 heteroatoms. The highest BCUT2D eigenvalue weighted by Crippen LogP contribution is 2.06. The normalized spacial score (nSPS) is 12.3. The summed E-state index contributed by atoms with van der Waals surface area (Å²) in [6.07, 6.45) is 1.39. The third-order valence-electron chi connectivity index (χ3n) is 2.68. The second kappa shape index (κ2) is 5.01. The summed E-state index contributed by atoms with van der Waals surface area (Å²) in [6.45, 7) is 1.49. The van der Waals surface area contributed by atoms with Crippen LogP contribution in [0.3, 0.4) is 0 Å². The summed E-state index contributed by atoms with van der Waals surface area (Å²) in [5.41, 5.74) is 0.426. The van der Waals surface area contributed by atoms with E-state index in [-0.39, 0.29) is 23.6 Å². The van der Waals surface area contributed by atoms with Gasteiger partial charge in [0.2, 0.25) is 5.43 Å². The van der Waals surface area contributed by atoms with Crippen LogP contribution in [0.2, 0.25) is 0 Å². The standard InChI is InChI=1S/C13H14N2O3/c1-8(7-16)15-13(18)10-6-14-11-5-3-2-4-9(11)12(10)17/h2-6,8,16H,7H2,1H3,(H,14,17)(H,15,18). The van der Waals surface area contributed by atoms with E-state index in [1.165, 1.54) is 6.20 Å². The highest BCUT2D eigenvalue weighted by atomic mass is 16.3. The number of pyridine rings is 1. The topological polar surface area (TPSA) is 82.2 Å². The zero-order valence-electron chi connectivity index (χ0n) is 9.93. The third-order valence-corrected chi connectivity index (χ3v) is 2.68. The molecule has 18 heavy (non-hydrogen) atoms. The minimum Gasteiger partial charge on any atom is -0.394 e. The Hall–Kier alpha value is -2.14. The minimum absolute atomic E-state index is 0.0500. The average Bonchev–Trinajstić information content (AvgIpc) is 2.39. The van der Waals surface area contributed by atoms with Crippen LogP contribution in [0.1, 0.15) is 17.3 Å². The van der Waals surface area contributed by atoms with Crippen LogP contribution in [-0.4, -0.2) is 28.6 Å². The Morgan fingerprint density at radius 1 is 1.44 bits per heavy atom. The lowest BCUT2D eigenvalue weighted by molar-refractivity contribution is 0.0921. The number of para-hydroxylation sites is 1. The van der Waals surface area contributed by atoms with Crippen LogP contribution in [0.5, 0.6) is 0 Å². The molecule has 0 spiro atoms. The molecule has 1 heterocycles. The van der Waals surface area contributed by atoms with Crippen molar-refractivity contribution in [3.63, 3.8) is 0 Å². The van der Waals surface area contributed by atoms with Gasteiger partial charge in [-0.3, -0.25) is 9.59 Å². The molecule has 0 aliphatic rings. The molecule has 0 radical (unpaired) electrons. The van der Waals surface area contributed by atoms with E-state index in [0.717, 1.165) is 0 Å². The highest BCUT2D eigenvalue weighted by Gasteiger charge is 2.14. The lowest BCUT2D eigenvalue weighted by Crippen LogP contribution is -2.37. The van der Waals surface area contributed by atoms with Crippen molar-refractivity contribution < 1.29 is 9.90 Å². The number of aliphatic hydroxyl groups is 1. The summed E-state index contributed by atoms with van der Waals surface area (Å²) in [7, 11) is 0. The van der Waals surface area contributed by atoms with Crippen LogP contribution >= 0.6 is 0 Å². The van der Waals surface area contributed by atoms with Crippen LogP contribution in [0.4, 0.5) is 0 Å². The van der Waals surface area contributed by atoms with Crippen LogP contribution in [0, 0.1) is 0 Å². The first kappa shape index (κ1) is 12.3. The molecular weight excluding hydrogens is 232 g/mol. The predicted molar refractivity (Wildman–Crippen MR) is 68.6 cm³/mol. The molecule has 2 rings (SSSR count). The molecule has 1 aromatic heterocycles. The number of amides is 1. The number of benzene rings is 1. The molecule has 2 aromatic rings. The van der Waals surface area contributed by atoms with Crippen molar-refractivity contribution in [1.29, 1.82) is 0 Å². The monoisotopic (exact) mass is 246 g/mol. The fourth-order valence-electron chi connectivity index (χ4n) is 1.68. The number of aromatic amines is 1. The van der Waals surface area contributed by atoms with Gasteiger partial charge in [0.1, 0.15) is 5.56 Å². The van der Waals surface area contributed by atoms with E-state index in [4.69, 9.17) is 5.11 Å². The van der Waals surface area contributed by atoms with Gasteiger partial charge < -0.3 is 15.4 Å². The lowest BCUT2D eigenvalue weighted by atomic mass is 10.1. The Bertz CT molecular complexity index is 633. The molecule has 94 valence electrons. The maximum absolute atomic E-state index is 12.1. The molecule has 0 saturated heterocycles. The van der Waals surface area contributed by atoms with E-state index in [9.17, 15) is 9.59 Å². The van der Waals surface area contributed by atoms with Crippen LogP contribution < -0.4 is 10.7 Å². The summed E-state index contributed by atoms with van der Waals surface area (Å²) < 4.78 is 0. The highest BCUT2D eigenvalue weighted by molar-refractivity contribution is 5.97. The first-order valence-electron chi connectivity index (χ1n) is 5.65. The number of hydrogen-bond acceptors (Lipinski definition) is 3. The van der Waals surface area contributed by atoms with E-state index >= 15 is 0 Å². The van der Waals surface area contributed by atoms with Crippen molar-refractivity contribution in [3.8, 4) is 0 Å². The van der Waals surface area contributed by atoms with Gasteiger partial charge in [0.25, 0.3) is 5.91 Å². The van der Waals surface area contributed by atoms with Gasteiger partial charge >= 0.3 is 0 Å². The van der Waals surface area contributed by atoms with Gasteiger partial charge in [-0.15, -0.1) is 0 Å². The van der Waals surface area contributed by atoms with E-state index in [2.05, 4.69) is 10.3 Å². The van der Waals surface area contributed by atoms with Gasteiger partial charge in [-0.25, -0.2) is 0 Å². The second-order valence-electron chi connectivity index (χ2n) is 4.13. The largest absolute Gasteiger partial charge is 0.394 e. The van der Waals surface area contributed by atoms with Crippen LogP contribution in [0.15, 0.2) is 35.3 Å². The quantitative estimate of drug-likeness (QED) is 0.743. The van der Waals surface area contributed by atoms with Crippen LogP contribution in [-0.2, 0) is 0 Å². The Labute approximate surface area is 103 Å². The van der Waals surface area contributed by atoms with Crippen molar-refractivity contribution in [2.24, 2.45) is 0 Å². The zero-order valence-corrected chi connectivity index (χ0v) is 9.93. The van der Waals surface area contributed by atoms with Crippen molar-refractivity contribution in [2.75, 3.05) is 6.61 Å². The zero-order chi connectivity index (χ0) is 13.1. The molecule has 0 fully saturated rings. The Morgan fingerprint density at radius 2 is 2.17 bits per heavy atom. The molecule has 1 atom stereocenters. The van der Waals surface area contributed by atoms with Crippen LogP contribution in [0.25, 0.3) is 10.9 Å². The number of aliphatic hydroxyl groups excluding tert-OH is 1. The summed E-state index contributed by atoms with van der Waals surface area (Å²) in [6, 6.07) is 6.61. The smallest absolute Gasteiger partial charge is 0.257 e. The number of H-pyrrole nitrogens is 1. The van der Waals surface area contributed by atoms with Gasteiger partial charge in [-0.2, -0.15) is 0 Å². The Balaban J connectivity index is 2.43. The molecule has 0 saturated carbocycles. The van der Waals surface area contributed by atoms with E-state index in [0.29, 0.717) is 10.9 Å². The SMILES string of the molecule is CC(CO)NC(=O)c1c[nH]c2ccccc2c1=O. The number of carbonyl (C=O) groups excluding carboxylic acids is 1. The summed E-state index contributed by atoms with van der Waals surface area (Å²) in [5.74, 6) is -0.483. The third kappa shape index (κ3) is 2.26. The second-order valence-corrected chi connectivity index (χ2v) is 4.13. The number of hydrogen-bond donors (Lipinski definition) is 3. The van der Waals surface area contributed by atoms with Crippen molar-refractivity contribution in [1.82, 2.24) is 10.3 Å². The van der Waals surface area contributed by atoms with E-state index < -0.39 is 5.91 Å². The molecule has 0 aliphatic carbocycles. The molecular formula is C13H14N2O3. The van der Waals surface area contributed by atoms with E-state index in [1.807, 2.05) is 6.07 Å². The lowest BCUT2D eigenvalue weighted by Gasteiger charge is -2.10. The average molecular weight is 246 g/mol. The van der Waals surface area contributed by atoms with Crippen molar-refractivity contribution >= 4 is 16.8 Å². The first-order valence-corrected chi connectivity index (χ1v) is 5.65. The maximum Gasteiger partial charge on any atom is 0.257 e. The molecule has 0 bridgehead atoms. The fourth-order valence-corrected chi connectivity index (χ4v) is 1.68. The number of fused-ring (bicyclic) bond motifs is 1. The molecule has 1 amide bonds. The molecule has 1 aromatic carbocycles. The Morgan fingerprint density at radius 3 is 2.89 bits per heavy atom. The number of nitrogens with one attached hydrogen (secondary N) is 2. The van der Waals surface area contributed by atoms with Gasteiger partial charge in [-0.1, -0.05) is 12.1 Å². The van der Waals surface area contributed by atoms with Gasteiger partial charge in [-0.05, 0) is 19.1 Å². The maximum atomic E-state index is 12.1. The summed E-state index contributed by atoms with van der Waals surface area (Å²) in [5, 5.41) is 11.9. The molecule has 5 nitrogen and oxygen atoms in total. The summed E-state index contributed by atoms with van der Waals surface area (Å²) in [4.78, 5) is 26.8. The van der Waals surface area contributed by atoms with Crippen molar-refractivity contribution in [2.45, 2.75) is 13.0 Å². The van der Waals surface area contributed by atoms with Gasteiger partial charge in [0.15, 0.2) is 0 Å². The summed E-state index contributed by atoms with van der Waals surface area (Å²) >= 11 is 0. The van der Waals surface area contributed by atoms with Gasteiger partial charge in [0, 0.05) is 23.1 Å². The molecule has 1 unspecified atom stereocenters. The van der Waals surface area contributed by atoms with Gasteiger partial charge in [0.05, 0.1) is 6.61 Å². The van der Waals surface area contributed by atoms with Crippen molar-refractivity contribution in [3.05, 3.63) is 46.2 Å². The molecule has 3 N–H and O–H groups in total.